The highest BCUT2D eigenvalue weighted by Gasteiger charge is 2.10. The molecule has 6 heteroatoms. The van der Waals surface area contributed by atoms with Crippen LogP contribution in [0.3, 0.4) is 0 Å². The molecule has 2 aromatic heterocycles. The lowest BCUT2D eigenvalue weighted by atomic mass is 10.2. The van der Waals surface area contributed by atoms with Crippen LogP contribution in [-0.2, 0) is 0 Å². The monoisotopic (exact) mass is 274 g/mol. The molecule has 0 aliphatic heterocycles. The first-order valence-electron chi connectivity index (χ1n) is 5.75. The van der Waals surface area contributed by atoms with E-state index in [1.807, 2.05) is 26.0 Å². The van der Waals surface area contributed by atoms with Crippen LogP contribution in [0.5, 0.6) is 11.6 Å². The minimum atomic E-state index is 0.499. The molecule has 96 valence electrons. The molecule has 0 bridgehead atoms. The second kappa shape index (κ2) is 4.51. The van der Waals surface area contributed by atoms with Gasteiger partial charge in [-0.1, -0.05) is 17.7 Å². The summed E-state index contributed by atoms with van der Waals surface area (Å²) in [6.45, 7) is 3.85. The molecule has 0 amide bonds. The molecular formula is C13H11ClN4O. The van der Waals surface area contributed by atoms with Crippen molar-refractivity contribution in [3.8, 4) is 11.6 Å². The third-order valence-corrected chi connectivity index (χ3v) is 2.96. The van der Waals surface area contributed by atoms with Gasteiger partial charge in [-0.2, -0.15) is 14.6 Å². The van der Waals surface area contributed by atoms with E-state index in [-0.39, 0.29) is 0 Å². The van der Waals surface area contributed by atoms with Crippen molar-refractivity contribution >= 4 is 17.4 Å². The maximum Gasteiger partial charge on any atom is 0.255 e. The Labute approximate surface area is 114 Å². The predicted octanol–water partition coefficient (Wildman–Crippen LogP) is 3.19. The molecule has 0 saturated heterocycles. The molecule has 1 aromatic carbocycles. The van der Waals surface area contributed by atoms with Gasteiger partial charge in [-0.25, -0.2) is 4.98 Å². The predicted molar refractivity (Wildman–Crippen MR) is 71.8 cm³/mol. The van der Waals surface area contributed by atoms with Crippen molar-refractivity contribution in [1.82, 2.24) is 19.6 Å². The first kappa shape index (κ1) is 11.9. The minimum Gasteiger partial charge on any atom is -0.437 e. The molecule has 0 radical (unpaired) electrons. The Hall–Kier alpha value is -2.14. The summed E-state index contributed by atoms with van der Waals surface area (Å²) in [4.78, 5) is 8.30. The zero-order valence-electron chi connectivity index (χ0n) is 10.5. The second-order valence-electron chi connectivity index (χ2n) is 4.24. The number of nitrogens with zero attached hydrogens (tertiary/aromatic N) is 4. The lowest BCUT2D eigenvalue weighted by molar-refractivity contribution is 0.445. The van der Waals surface area contributed by atoms with E-state index in [0.717, 1.165) is 11.3 Å². The van der Waals surface area contributed by atoms with Crippen LogP contribution in [0, 0.1) is 13.8 Å². The van der Waals surface area contributed by atoms with E-state index in [1.54, 1.807) is 12.1 Å². The van der Waals surface area contributed by atoms with Crippen LogP contribution in [-0.4, -0.2) is 19.6 Å². The molecular weight excluding hydrogens is 264 g/mol. The summed E-state index contributed by atoms with van der Waals surface area (Å²) in [5, 5.41) is 4.63. The molecule has 5 nitrogen and oxygen atoms in total. The zero-order chi connectivity index (χ0) is 13.4. The van der Waals surface area contributed by atoms with Gasteiger partial charge >= 0.3 is 0 Å². The van der Waals surface area contributed by atoms with Crippen LogP contribution < -0.4 is 4.74 Å². The van der Waals surface area contributed by atoms with Crippen LogP contribution in [0.1, 0.15) is 11.3 Å². The smallest absolute Gasteiger partial charge is 0.255 e. The van der Waals surface area contributed by atoms with Crippen molar-refractivity contribution in [2.75, 3.05) is 0 Å². The van der Waals surface area contributed by atoms with Gasteiger partial charge in [-0.05, 0) is 31.5 Å². The fourth-order valence-electron chi connectivity index (χ4n) is 1.77. The van der Waals surface area contributed by atoms with Crippen LogP contribution in [0.2, 0.25) is 5.02 Å². The van der Waals surface area contributed by atoms with E-state index in [1.165, 1.54) is 10.8 Å². The molecule has 0 atom stereocenters. The third kappa shape index (κ3) is 2.24. The van der Waals surface area contributed by atoms with E-state index in [0.29, 0.717) is 22.4 Å². The van der Waals surface area contributed by atoms with Crippen LogP contribution in [0.15, 0.2) is 30.6 Å². The summed E-state index contributed by atoms with van der Waals surface area (Å²) in [6, 6.07) is 7.40. The lowest BCUT2D eigenvalue weighted by Gasteiger charge is -2.09. The van der Waals surface area contributed by atoms with Crippen molar-refractivity contribution in [3.63, 3.8) is 0 Å². The number of hydrogen-bond acceptors (Lipinski definition) is 4. The number of aromatic nitrogens is 4. The van der Waals surface area contributed by atoms with Crippen LogP contribution in [0.25, 0.3) is 5.78 Å². The van der Waals surface area contributed by atoms with E-state index in [4.69, 9.17) is 16.3 Å². The fourth-order valence-corrected chi connectivity index (χ4v) is 1.93. The number of aryl methyl sites for hydroxylation is 2. The Bertz CT molecular complexity index is 753. The molecule has 0 spiro atoms. The standard InChI is InChI=1S/C13H11ClN4O/c1-8-3-4-10(14)11(5-8)19-12-6-9(2)17-13-15-7-16-18(12)13/h3-7H,1-2H3. The summed E-state index contributed by atoms with van der Waals surface area (Å²) >= 11 is 6.13. The zero-order valence-corrected chi connectivity index (χ0v) is 11.2. The van der Waals surface area contributed by atoms with Crippen LogP contribution >= 0.6 is 11.6 Å². The summed E-state index contributed by atoms with van der Waals surface area (Å²) in [6.07, 6.45) is 1.44. The largest absolute Gasteiger partial charge is 0.437 e. The molecule has 0 saturated carbocycles. The van der Waals surface area contributed by atoms with Gasteiger partial charge < -0.3 is 4.74 Å². The molecule has 0 fully saturated rings. The summed E-state index contributed by atoms with van der Waals surface area (Å²) in [5.74, 6) is 1.62. The highest BCUT2D eigenvalue weighted by Crippen LogP contribution is 2.30. The fraction of sp³-hybridized carbons (Fsp3) is 0.154. The molecule has 0 N–H and O–H groups in total. The lowest BCUT2D eigenvalue weighted by Crippen LogP contribution is -1.99. The van der Waals surface area contributed by atoms with E-state index >= 15 is 0 Å². The maximum atomic E-state index is 6.13. The average molecular weight is 275 g/mol. The number of hydrogen-bond donors (Lipinski definition) is 0. The third-order valence-electron chi connectivity index (χ3n) is 2.65. The Morgan fingerprint density at radius 1 is 1.21 bits per heavy atom. The maximum absolute atomic E-state index is 6.13. The van der Waals surface area contributed by atoms with Crippen molar-refractivity contribution in [2.45, 2.75) is 13.8 Å². The average Bonchev–Trinajstić information content (AvgIpc) is 2.82. The number of fused-ring (bicyclic) bond motifs is 1. The van der Waals surface area contributed by atoms with Gasteiger partial charge in [0.2, 0.25) is 5.88 Å². The number of benzene rings is 1. The Balaban J connectivity index is 2.10. The first-order valence-corrected chi connectivity index (χ1v) is 6.13. The van der Waals surface area contributed by atoms with Crippen LogP contribution in [0.4, 0.5) is 0 Å². The van der Waals surface area contributed by atoms with Crippen molar-refractivity contribution in [2.24, 2.45) is 0 Å². The molecule has 3 rings (SSSR count). The normalized spacial score (nSPS) is 10.9. The molecule has 0 unspecified atom stereocenters. The van der Waals surface area contributed by atoms with Gasteiger partial charge in [-0.15, -0.1) is 0 Å². The van der Waals surface area contributed by atoms with Gasteiger partial charge in [-0.3, -0.25) is 0 Å². The Morgan fingerprint density at radius 3 is 2.89 bits per heavy atom. The molecule has 2 heterocycles. The Morgan fingerprint density at radius 2 is 2.05 bits per heavy atom. The SMILES string of the molecule is Cc1ccc(Cl)c(Oc2cc(C)nc3ncnn23)c1. The highest BCUT2D eigenvalue weighted by molar-refractivity contribution is 6.32. The first-order chi connectivity index (χ1) is 9.13. The van der Waals surface area contributed by atoms with E-state index in [9.17, 15) is 0 Å². The summed E-state index contributed by atoms with van der Waals surface area (Å²) in [7, 11) is 0. The van der Waals surface area contributed by atoms with E-state index in [2.05, 4.69) is 15.1 Å². The number of ether oxygens (including phenoxy) is 1. The van der Waals surface area contributed by atoms with E-state index < -0.39 is 0 Å². The molecule has 0 aliphatic carbocycles. The highest BCUT2D eigenvalue weighted by atomic mass is 35.5. The quantitative estimate of drug-likeness (QED) is 0.720. The van der Waals surface area contributed by atoms with Gasteiger partial charge in [0.1, 0.15) is 12.1 Å². The van der Waals surface area contributed by atoms with Gasteiger partial charge in [0, 0.05) is 11.8 Å². The number of rotatable bonds is 2. The summed E-state index contributed by atoms with van der Waals surface area (Å²) in [5.41, 5.74) is 1.87. The minimum absolute atomic E-state index is 0.499. The molecule has 0 aliphatic rings. The van der Waals surface area contributed by atoms with Gasteiger partial charge in [0.25, 0.3) is 5.78 Å². The molecule has 19 heavy (non-hydrogen) atoms. The van der Waals surface area contributed by atoms with Crippen molar-refractivity contribution in [1.29, 1.82) is 0 Å². The number of halogens is 1. The van der Waals surface area contributed by atoms with Crippen molar-refractivity contribution in [3.05, 3.63) is 46.9 Å². The topological polar surface area (TPSA) is 52.3 Å². The summed E-state index contributed by atoms with van der Waals surface area (Å²) < 4.78 is 7.36. The molecule has 3 aromatic rings. The Kier molecular flexibility index (Phi) is 2.83. The van der Waals surface area contributed by atoms with Gasteiger partial charge in [0.05, 0.1) is 5.02 Å². The second-order valence-corrected chi connectivity index (χ2v) is 4.65. The van der Waals surface area contributed by atoms with Gasteiger partial charge in [0.15, 0.2) is 0 Å². The van der Waals surface area contributed by atoms with Crippen molar-refractivity contribution < 1.29 is 4.74 Å².